The molecule has 9 heteroatoms. The molecule has 2 aromatic carbocycles. The second-order valence-electron chi connectivity index (χ2n) is 11.1. The van der Waals surface area contributed by atoms with Gasteiger partial charge in [-0.05, 0) is 80.4 Å². The average Bonchev–Trinajstić information content (AvgIpc) is 3.65. The number of aromatic nitrogens is 4. The van der Waals surface area contributed by atoms with Crippen LogP contribution in [0.5, 0.6) is 11.6 Å². The van der Waals surface area contributed by atoms with E-state index in [1.807, 2.05) is 42.4 Å². The van der Waals surface area contributed by atoms with E-state index in [-0.39, 0.29) is 5.91 Å². The molecule has 0 saturated carbocycles. The summed E-state index contributed by atoms with van der Waals surface area (Å²) in [6, 6.07) is 12.7. The summed E-state index contributed by atoms with van der Waals surface area (Å²) in [7, 11) is 4.05. The van der Waals surface area contributed by atoms with E-state index >= 15 is 0 Å². The Balaban J connectivity index is 1.30. The van der Waals surface area contributed by atoms with Gasteiger partial charge in [-0.25, -0.2) is 4.68 Å². The highest BCUT2D eigenvalue weighted by molar-refractivity contribution is 5.93. The fourth-order valence-corrected chi connectivity index (χ4v) is 6.13. The van der Waals surface area contributed by atoms with Crippen LogP contribution in [0, 0.1) is 0 Å². The Bertz CT molecular complexity index is 1600. The molecule has 0 unspecified atom stereocenters. The molecule has 7 rings (SSSR count). The molecular weight excluding hydrogens is 504 g/mol. The quantitative estimate of drug-likeness (QED) is 0.389. The number of aryl methyl sites for hydroxylation is 1. The van der Waals surface area contributed by atoms with E-state index in [1.165, 1.54) is 5.56 Å². The molecule has 1 N–H and O–H groups in total. The minimum absolute atomic E-state index is 0.0124. The lowest BCUT2D eigenvalue weighted by Gasteiger charge is -2.29. The number of nitrogens with zero attached hydrogens (tertiary/aromatic N) is 5. The maximum absolute atomic E-state index is 13.4. The number of aromatic amines is 1. The van der Waals surface area contributed by atoms with Gasteiger partial charge in [-0.1, -0.05) is 18.2 Å². The van der Waals surface area contributed by atoms with Gasteiger partial charge in [-0.2, -0.15) is 10.2 Å². The van der Waals surface area contributed by atoms with Gasteiger partial charge in [0.25, 0.3) is 5.91 Å². The maximum Gasteiger partial charge on any atom is 0.263 e. The highest BCUT2D eigenvalue weighted by atomic mass is 16.5. The van der Waals surface area contributed by atoms with Crippen molar-refractivity contribution in [3.63, 3.8) is 0 Å². The summed E-state index contributed by atoms with van der Waals surface area (Å²) >= 11 is 0. The maximum atomic E-state index is 13.4. The zero-order chi connectivity index (χ0) is 27.2. The number of amides is 1. The van der Waals surface area contributed by atoms with Crippen molar-refractivity contribution in [2.24, 2.45) is 7.05 Å². The highest BCUT2D eigenvalue weighted by Crippen LogP contribution is 2.35. The SMILES string of the molecule is CN1CCC(c2ccc3c(c2)O[C@@H]2CCN(CCOc4c(cnn4C)-c4ccc5[nH]nc(c5c4)/C=C/3)C2=O)CC1. The van der Waals surface area contributed by atoms with Crippen molar-refractivity contribution in [3.05, 3.63) is 59.4 Å². The highest BCUT2D eigenvalue weighted by Gasteiger charge is 2.34. The van der Waals surface area contributed by atoms with Crippen LogP contribution in [0.25, 0.3) is 34.2 Å². The zero-order valence-electron chi connectivity index (χ0n) is 23.0. The number of hydrogen-bond acceptors (Lipinski definition) is 6. The summed E-state index contributed by atoms with van der Waals surface area (Å²) in [6.45, 7) is 3.71. The summed E-state index contributed by atoms with van der Waals surface area (Å²) in [4.78, 5) is 17.6. The molecule has 206 valence electrons. The largest absolute Gasteiger partial charge is 0.480 e. The number of likely N-dealkylation sites (tertiary alicyclic amines) is 1. The number of carbonyl (C=O) groups is 1. The summed E-state index contributed by atoms with van der Waals surface area (Å²) < 4.78 is 14.4. The number of piperidine rings is 1. The fourth-order valence-electron chi connectivity index (χ4n) is 6.13. The molecule has 5 heterocycles. The molecule has 1 amide bonds. The van der Waals surface area contributed by atoms with Crippen molar-refractivity contribution in [1.82, 2.24) is 29.8 Å². The molecule has 4 aromatic rings. The van der Waals surface area contributed by atoms with Gasteiger partial charge in [0.05, 0.1) is 29.5 Å². The zero-order valence-corrected chi connectivity index (χ0v) is 23.0. The molecule has 4 bridgehead atoms. The van der Waals surface area contributed by atoms with Crippen LogP contribution < -0.4 is 9.47 Å². The second kappa shape index (κ2) is 10.1. The molecule has 2 fully saturated rings. The van der Waals surface area contributed by atoms with Crippen LogP contribution in [0.2, 0.25) is 0 Å². The normalized spacial score (nSPS) is 21.1. The molecule has 40 heavy (non-hydrogen) atoms. The number of carbonyl (C=O) groups excluding carboxylic acids is 1. The smallest absolute Gasteiger partial charge is 0.263 e. The van der Waals surface area contributed by atoms with Crippen molar-refractivity contribution in [3.8, 4) is 22.8 Å². The van der Waals surface area contributed by atoms with Crippen LogP contribution in [0.4, 0.5) is 0 Å². The first-order chi connectivity index (χ1) is 19.5. The lowest BCUT2D eigenvalue weighted by atomic mass is 9.89. The summed E-state index contributed by atoms with van der Waals surface area (Å²) in [6.07, 6.45) is 8.29. The monoisotopic (exact) mass is 538 g/mol. The van der Waals surface area contributed by atoms with Crippen LogP contribution in [0.1, 0.15) is 42.0 Å². The Hall–Kier alpha value is -4.11. The average molecular weight is 539 g/mol. The summed E-state index contributed by atoms with van der Waals surface area (Å²) in [5.74, 6) is 1.94. The molecule has 0 radical (unpaired) electrons. The van der Waals surface area contributed by atoms with Gasteiger partial charge in [0.1, 0.15) is 12.4 Å². The Morgan fingerprint density at radius 1 is 0.975 bits per heavy atom. The Labute approximate surface area is 233 Å². The van der Waals surface area contributed by atoms with E-state index in [0.717, 1.165) is 65.0 Å². The number of nitrogens with one attached hydrogen (secondary N) is 1. The molecule has 0 spiro atoms. The van der Waals surface area contributed by atoms with E-state index in [0.29, 0.717) is 37.9 Å². The van der Waals surface area contributed by atoms with Crippen molar-refractivity contribution in [2.45, 2.75) is 31.3 Å². The Kier molecular flexibility index (Phi) is 6.31. The van der Waals surface area contributed by atoms with E-state index in [1.54, 1.807) is 4.68 Å². The first-order valence-corrected chi connectivity index (χ1v) is 14.1. The molecule has 1 atom stereocenters. The fraction of sp³-hybridized carbons (Fsp3) is 0.387. The van der Waals surface area contributed by atoms with Gasteiger partial charge in [0.2, 0.25) is 5.88 Å². The molecule has 2 aromatic heterocycles. The lowest BCUT2D eigenvalue weighted by molar-refractivity contribution is -0.133. The van der Waals surface area contributed by atoms with Gasteiger partial charge in [0, 0.05) is 31.0 Å². The first-order valence-electron chi connectivity index (χ1n) is 14.1. The number of fused-ring (bicyclic) bond motifs is 6. The third kappa shape index (κ3) is 4.54. The number of H-pyrrole nitrogens is 1. The van der Waals surface area contributed by atoms with E-state index in [9.17, 15) is 4.79 Å². The van der Waals surface area contributed by atoms with E-state index < -0.39 is 6.10 Å². The van der Waals surface area contributed by atoms with Crippen LogP contribution in [0.3, 0.4) is 0 Å². The van der Waals surface area contributed by atoms with Crippen LogP contribution >= 0.6 is 0 Å². The summed E-state index contributed by atoms with van der Waals surface area (Å²) in [5, 5.41) is 13.2. The van der Waals surface area contributed by atoms with Crippen LogP contribution in [0.15, 0.2) is 42.6 Å². The lowest BCUT2D eigenvalue weighted by Crippen LogP contribution is -2.35. The predicted octanol–water partition coefficient (Wildman–Crippen LogP) is 4.32. The van der Waals surface area contributed by atoms with Gasteiger partial charge < -0.3 is 19.3 Å². The molecule has 2 saturated heterocycles. The minimum atomic E-state index is -0.505. The van der Waals surface area contributed by atoms with Crippen molar-refractivity contribution < 1.29 is 14.3 Å². The van der Waals surface area contributed by atoms with Gasteiger partial charge in [0.15, 0.2) is 6.10 Å². The van der Waals surface area contributed by atoms with Gasteiger partial charge in [-0.3, -0.25) is 9.89 Å². The van der Waals surface area contributed by atoms with E-state index in [4.69, 9.17) is 9.47 Å². The topological polar surface area (TPSA) is 88.5 Å². The number of hydrogen-bond donors (Lipinski definition) is 1. The van der Waals surface area contributed by atoms with Gasteiger partial charge >= 0.3 is 0 Å². The van der Waals surface area contributed by atoms with Crippen LogP contribution in [-0.2, 0) is 11.8 Å². The minimum Gasteiger partial charge on any atom is -0.480 e. The number of benzene rings is 2. The molecule has 9 nitrogen and oxygen atoms in total. The molecular formula is C31H34N6O3. The Morgan fingerprint density at radius 2 is 1.85 bits per heavy atom. The van der Waals surface area contributed by atoms with Crippen molar-refractivity contribution in [2.75, 3.05) is 39.8 Å². The molecule has 3 aliphatic heterocycles. The van der Waals surface area contributed by atoms with Crippen molar-refractivity contribution in [1.29, 1.82) is 0 Å². The third-order valence-corrected chi connectivity index (χ3v) is 8.55. The number of rotatable bonds is 1. The third-order valence-electron chi connectivity index (χ3n) is 8.55. The molecule has 0 aliphatic carbocycles. The first kappa shape index (κ1) is 24.9. The number of ether oxygens (including phenoxy) is 2. The van der Waals surface area contributed by atoms with E-state index in [2.05, 4.69) is 51.5 Å². The standard InChI is InChI=1S/C31H34N6O3/c1-35-12-9-20(10-13-35)22-4-3-21-5-7-26-24-17-23(6-8-27(24)34-33-26)25-19-32-36(2)31(25)39-16-15-37-14-11-28(30(37)38)40-29(21)18-22/h3-8,17-20,28H,9-16H2,1-2H3,(H,33,34)/b7-5+/t28-/m1/s1. The summed E-state index contributed by atoms with van der Waals surface area (Å²) in [5.41, 5.74) is 5.92. The predicted molar refractivity (Wildman–Crippen MR) is 154 cm³/mol. The van der Waals surface area contributed by atoms with Crippen LogP contribution in [-0.4, -0.2) is 81.6 Å². The van der Waals surface area contributed by atoms with Gasteiger partial charge in [-0.15, -0.1) is 0 Å². The second-order valence-corrected chi connectivity index (χ2v) is 11.1. The molecule has 3 aliphatic rings. The van der Waals surface area contributed by atoms with Crippen molar-refractivity contribution >= 4 is 29.0 Å². The Morgan fingerprint density at radius 3 is 2.73 bits per heavy atom.